The Morgan fingerprint density at radius 3 is 2.41 bits per heavy atom. The lowest BCUT2D eigenvalue weighted by Crippen LogP contribution is -2.34. The minimum Gasteiger partial charge on any atom is -0.350 e. The van der Waals surface area contributed by atoms with E-state index in [2.05, 4.69) is 40.7 Å². The third kappa shape index (κ3) is 3.88. The van der Waals surface area contributed by atoms with E-state index in [0.717, 1.165) is 43.8 Å². The molecule has 2 fully saturated rings. The van der Waals surface area contributed by atoms with Crippen LogP contribution in [0.3, 0.4) is 0 Å². The molecule has 1 unspecified atom stereocenters. The highest BCUT2D eigenvalue weighted by Crippen LogP contribution is 2.31. The summed E-state index contributed by atoms with van der Waals surface area (Å²) in [7, 11) is 0. The van der Waals surface area contributed by atoms with Gasteiger partial charge in [-0.2, -0.15) is 9.78 Å². The van der Waals surface area contributed by atoms with Crippen molar-refractivity contribution in [1.82, 2.24) is 19.6 Å². The lowest BCUT2D eigenvalue weighted by Gasteiger charge is -2.21. The number of likely N-dealkylation sites (tertiary alicyclic amines) is 2. The van der Waals surface area contributed by atoms with Gasteiger partial charge in [0.2, 0.25) is 0 Å². The largest absolute Gasteiger partial charge is 0.350 e. The van der Waals surface area contributed by atoms with Gasteiger partial charge in [0.05, 0.1) is 0 Å². The maximum atomic E-state index is 12.6. The van der Waals surface area contributed by atoms with Crippen LogP contribution in [0.15, 0.2) is 42.6 Å². The molecule has 27 heavy (non-hydrogen) atoms. The summed E-state index contributed by atoms with van der Waals surface area (Å²) >= 11 is 0. The Bertz CT molecular complexity index is 805. The first-order valence-corrected chi connectivity index (χ1v) is 9.35. The normalized spacial score (nSPS) is 22.1. The fraction of sp³-hybridized carbons (Fsp3) is 0.400. The van der Waals surface area contributed by atoms with Gasteiger partial charge in [0.15, 0.2) is 5.69 Å². The second kappa shape index (κ2) is 7.52. The van der Waals surface area contributed by atoms with Gasteiger partial charge in [0, 0.05) is 32.4 Å². The van der Waals surface area contributed by atoms with E-state index >= 15 is 0 Å². The van der Waals surface area contributed by atoms with Crippen LogP contribution in [-0.4, -0.2) is 64.2 Å². The maximum absolute atomic E-state index is 12.6. The molecule has 1 radical (unpaired) electrons. The zero-order valence-electron chi connectivity index (χ0n) is 15.2. The van der Waals surface area contributed by atoms with Crippen LogP contribution in [0, 0.1) is 18.3 Å². The van der Waals surface area contributed by atoms with Crippen LogP contribution in [0.4, 0.5) is 4.79 Å². The van der Waals surface area contributed by atoms with Crippen molar-refractivity contribution in [2.45, 2.75) is 6.42 Å². The first-order valence-electron chi connectivity index (χ1n) is 9.35. The highest BCUT2D eigenvalue weighted by Gasteiger charge is 2.41. The van der Waals surface area contributed by atoms with Gasteiger partial charge in [-0.1, -0.05) is 30.3 Å². The third-order valence-corrected chi connectivity index (χ3v) is 5.51. The molecule has 2 amide bonds. The number of rotatable bonds is 5. The highest BCUT2D eigenvalue weighted by atomic mass is 16.2. The van der Waals surface area contributed by atoms with E-state index in [4.69, 9.17) is 5.73 Å². The fourth-order valence-corrected chi connectivity index (χ4v) is 4.16. The average Bonchev–Trinajstić information content (AvgIpc) is 3.36. The standard InChI is InChI=1S/C20H24N5O2/c21-20(27)25-10-8-18(22-25)19(26)24-13-16-11-23(12-17(16)14-24)9-4-7-15-5-2-1-3-6-15/h1-3,5-8,10,16-17H,4,9,11-14H2,(H2,21,27)/t16-,17?/m0/s1. The molecule has 7 nitrogen and oxygen atoms in total. The molecule has 2 saturated heterocycles. The zero-order valence-corrected chi connectivity index (χ0v) is 15.2. The summed E-state index contributed by atoms with van der Waals surface area (Å²) in [5.74, 6) is 0.918. The van der Waals surface area contributed by atoms with E-state index in [1.54, 1.807) is 6.07 Å². The van der Waals surface area contributed by atoms with E-state index in [0.29, 0.717) is 11.8 Å². The van der Waals surface area contributed by atoms with Crippen LogP contribution in [0.1, 0.15) is 22.5 Å². The molecule has 7 heteroatoms. The number of hydrogen-bond donors (Lipinski definition) is 1. The average molecular weight is 366 g/mol. The number of nitrogens with zero attached hydrogens (tertiary/aromatic N) is 4. The van der Waals surface area contributed by atoms with Crippen molar-refractivity contribution in [3.05, 3.63) is 60.3 Å². The maximum Gasteiger partial charge on any atom is 0.339 e. The van der Waals surface area contributed by atoms with Gasteiger partial charge in [-0.05, 0) is 42.9 Å². The van der Waals surface area contributed by atoms with E-state index < -0.39 is 6.03 Å². The number of aromatic nitrogens is 2. The highest BCUT2D eigenvalue weighted by molar-refractivity contribution is 5.93. The Hall–Kier alpha value is -2.67. The number of carbonyl (C=O) groups is 2. The molecule has 2 aromatic rings. The van der Waals surface area contributed by atoms with E-state index in [1.165, 1.54) is 11.8 Å². The molecular weight excluding hydrogens is 342 g/mol. The van der Waals surface area contributed by atoms with Crippen molar-refractivity contribution in [2.75, 3.05) is 32.7 Å². The van der Waals surface area contributed by atoms with Crippen molar-refractivity contribution < 1.29 is 9.59 Å². The van der Waals surface area contributed by atoms with Gasteiger partial charge in [-0.3, -0.25) is 4.79 Å². The molecule has 2 aliphatic heterocycles. The molecule has 0 saturated carbocycles. The van der Waals surface area contributed by atoms with Crippen molar-refractivity contribution in [3.63, 3.8) is 0 Å². The minimum absolute atomic E-state index is 0.117. The molecule has 0 aliphatic carbocycles. The number of carbonyl (C=O) groups excluding carboxylic acids is 2. The number of primary amides is 1. The van der Waals surface area contributed by atoms with Crippen molar-refractivity contribution in [1.29, 1.82) is 0 Å². The molecule has 2 N–H and O–H groups in total. The van der Waals surface area contributed by atoms with Gasteiger partial charge >= 0.3 is 6.03 Å². The van der Waals surface area contributed by atoms with Crippen LogP contribution < -0.4 is 5.73 Å². The van der Waals surface area contributed by atoms with Crippen molar-refractivity contribution in [3.8, 4) is 0 Å². The molecular formula is C20H24N5O2. The number of nitrogens with two attached hydrogens (primary N) is 1. The lowest BCUT2D eigenvalue weighted by molar-refractivity contribution is 0.0768. The Labute approximate surface area is 158 Å². The molecule has 1 aromatic carbocycles. The van der Waals surface area contributed by atoms with E-state index in [-0.39, 0.29) is 11.6 Å². The van der Waals surface area contributed by atoms with Gasteiger partial charge in [0.1, 0.15) is 0 Å². The second-order valence-corrected chi connectivity index (χ2v) is 7.38. The van der Waals surface area contributed by atoms with Crippen LogP contribution in [0.2, 0.25) is 0 Å². The molecule has 3 heterocycles. The smallest absolute Gasteiger partial charge is 0.339 e. The number of hydrogen-bond acceptors (Lipinski definition) is 4. The Morgan fingerprint density at radius 2 is 1.78 bits per heavy atom. The molecule has 2 aliphatic rings. The Morgan fingerprint density at radius 1 is 1.07 bits per heavy atom. The Balaban J connectivity index is 1.25. The summed E-state index contributed by atoms with van der Waals surface area (Å²) < 4.78 is 0.995. The summed E-state index contributed by atoms with van der Waals surface area (Å²) in [5.41, 5.74) is 6.72. The van der Waals surface area contributed by atoms with Crippen LogP contribution in [-0.2, 0) is 0 Å². The summed E-state index contributed by atoms with van der Waals surface area (Å²) in [6.07, 6.45) is 4.74. The molecule has 1 aromatic heterocycles. The van der Waals surface area contributed by atoms with Gasteiger partial charge in [-0.15, -0.1) is 0 Å². The predicted octanol–water partition coefficient (Wildman–Crippen LogP) is 1.46. The lowest BCUT2D eigenvalue weighted by atomic mass is 10.0. The predicted molar refractivity (Wildman–Crippen MR) is 101 cm³/mol. The number of amides is 2. The van der Waals surface area contributed by atoms with Crippen molar-refractivity contribution in [2.24, 2.45) is 17.6 Å². The SMILES string of the molecule is NC(=O)n1ccc(C(=O)N2CC3CN(CC[CH]c4ccccc4)C[C@H]3C2)n1. The van der Waals surface area contributed by atoms with Crippen LogP contribution in [0.5, 0.6) is 0 Å². The zero-order chi connectivity index (χ0) is 18.8. The van der Waals surface area contributed by atoms with Crippen LogP contribution in [0.25, 0.3) is 0 Å². The number of fused-ring (bicyclic) bond motifs is 1. The molecule has 0 spiro atoms. The molecule has 2 atom stereocenters. The Kier molecular flexibility index (Phi) is 4.94. The van der Waals surface area contributed by atoms with E-state index in [9.17, 15) is 9.59 Å². The molecule has 141 valence electrons. The van der Waals surface area contributed by atoms with Crippen LogP contribution >= 0.6 is 0 Å². The summed E-state index contributed by atoms with van der Waals surface area (Å²) in [6, 6.07) is 11.3. The molecule has 0 bridgehead atoms. The van der Waals surface area contributed by atoms with Gasteiger partial charge < -0.3 is 15.5 Å². The van der Waals surface area contributed by atoms with E-state index in [1.807, 2.05) is 11.0 Å². The summed E-state index contributed by atoms with van der Waals surface area (Å²) in [6.45, 7) is 4.64. The molecule has 4 rings (SSSR count). The second-order valence-electron chi connectivity index (χ2n) is 7.38. The fourth-order valence-electron chi connectivity index (χ4n) is 4.16. The summed E-state index contributed by atoms with van der Waals surface area (Å²) in [4.78, 5) is 28.1. The topological polar surface area (TPSA) is 84.5 Å². The summed E-state index contributed by atoms with van der Waals surface area (Å²) in [5, 5.41) is 3.97. The van der Waals surface area contributed by atoms with Crippen molar-refractivity contribution >= 4 is 11.9 Å². The monoisotopic (exact) mass is 366 g/mol. The third-order valence-electron chi connectivity index (χ3n) is 5.51. The minimum atomic E-state index is -0.685. The first-order chi connectivity index (χ1) is 13.1. The first kappa shape index (κ1) is 17.7. The quantitative estimate of drug-likeness (QED) is 0.868. The number of benzene rings is 1. The van der Waals surface area contributed by atoms with Gasteiger partial charge in [0.25, 0.3) is 5.91 Å². The van der Waals surface area contributed by atoms with Gasteiger partial charge in [-0.25, -0.2) is 4.79 Å².